The number of hydrogen-bond donors (Lipinski definition) is 2. The van der Waals surface area contributed by atoms with Crippen LogP contribution >= 0.6 is 11.8 Å². The summed E-state index contributed by atoms with van der Waals surface area (Å²) in [6, 6.07) is 0.831. The molecule has 0 saturated heterocycles. The molecule has 25 heavy (non-hydrogen) atoms. The zero-order valence-corrected chi connectivity index (χ0v) is 17.1. The minimum absolute atomic E-state index is 0.210. The van der Waals surface area contributed by atoms with Crippen LogP contribution in [0.3, 0.4) is 0 Å². The number of nitrogens with one attached hydrogen (secondary N) is 2. The average Bonchev–Trinajstić information content (AvgIpc) is 3.26. The van der Waals surface area contributed by atoms with Gasteiger partial charge in [-0.25, -0.2) is 4.79 Å². The molecule has 0 aromatic heterocycles. The lowest BCUT2D eigenvalue weighted by molar-refractivity contribution is 0.0238. The van der Waals surface area contributed by atoms with E-state index in [1.165, 1.54) is 19.3 Å². The van der Waals surface area contributed by atoms with Crippen LogP contribution in [0.25, 0.3) is 0 Å². The number of aliphatic imine (C=N–C) groups is 1. The number of nitrogens with zero attached hydrogens (tertiary/aromatic N) is 2. The minimum atomic E-state index is -0.453. The normalized spacial score (nSPS) is 24.1. The molecule has 0 aromatic rings. The lowest BCUT2D eigenvalue weighted by Crippen LogP contribution is -2.47. The van der Waals surface area contributed by atoms with Gasteiger partial charge in [-0.3, -0.25) is 4.99 Å². The van der Waals surface area contributed by atoms with Crippen LogP contribution in [0.1, 0.15) is 52.9 Å². The Kier molecular flexibility index (Phi) is 7.28. The second-order valence-corrected chi connectivity index (χ2v) is 9.05. The van der Waals surface area contributed by atoms with Crippen molar-refractivity contribution in [3.05, 3.63) is 0 Å². The zero-order valence-electron chi connectivity index (χ0n) is 16.3. The van der Waals surface area contributed by atoms with Gasteiger partial charge in [-0.05, 0) is 59.1 Å². The lowest BCUT2D eigenvalue weighted by Gasteiger charge is -2.28. The predicted molar refractivity (Wildman–Crippen MR) is 105 cm³/mol. The molecule has 2 N–H and O–H groups in total. The van der Waals surface area contributed by atoms with Gasteiger partial charge >= 0.3 is 6.09 Å². The summed E-state index contributed by atoms with van der Waals surface area (Å²) in [5.74, 6) is 0.826. The number of carbonyl (C=O) groups excluding carboxylic acids is 1. The molecule has 0 bridgehead atoms. The van der Waals surface area contributed by atoms with E-state index in [1.54, 1.807) is 7.05 Å². The molecule has 6 nitrogen and oxygen atoms in total. The summed E-state index contributed by atoms with van der Waals surface area (Å²) in [6.07, 6.45) is 7.77. The molecule has 2 rings (SSSR count). The molecule has 7 heteroatoms. The molecule has 144 valence electrons. The summed E-state index contributed by atoms with van der Waals surface area (Å²) in [5.41, 5.74) is -0.453. The van der Waals surface area contributed by atoms with Crippen molar-refractivity contribution in [2.75, 3.05) is 26.4 Å². The van der Waals surface area contributed by atoms with Gasteiger partial charge < -0.3 is 20.3 Å². The zero-order chi connectivity index (χ0) is 18.4. The van der Waals surface area contributed by atoms with Gasteiger partial charge in [0.1, 0.15) is 5.60 Å². The molecule has 2 unspecified atom stereocenters. The van der Waals surface area contributed by atoms with Gasteiger partial charge in [0, 0.05) is 37.5 Å². The fourth-order valence-corrected chi connectivity index (χ4v) is 3.89. The number of thioether (sulfide) groups is 1. The molecule has 0 spiro atoms. The van der Waals surface area contributed by atoms with E-state index in [-0.39, 0.29) is 6.09 Å². The average molecular weight is 371 g/mol. The second-order valence-electron chi connectivity index (χ2n) is 7.92. The molecule has 0 radical (unpaired) electrons. The van der Waals surface area contributed by atoms with E-state index in [9.17, 15) is 4.79 Å². The lowest BCUT2D eigenvalue weighted by atomic mass is 10.2. The van der Waals surface area contributed by atoms with E-state index in [4.69, 9.17) is 4.74 Å². The van der Waals surface area contributed by atoms with Crippen molar-refractivity contribution >= 4 is 23.8 Å². The molecule has 0 aromatic carbocycles. The largest absolute Gasteiger partial charge is 0.444 e. The number of rotatable bonds is 6. The van der Waals surface area contributed by atoms with Crippen LogP contribution in [0.2, 0.25) is 0 Å². The molecule has 1 amide bonds. The van der Waals surface area contributed by atoms with Gasteiger partial charge in [0.15, 0.2) is 5.96 Å². The van der Waals surface area contributed by atoms with Crippen molar-refractivity contribution in [2.45, 2.75) is 75.8 Å². The number of guanidine groups is 1. The third-order valence-corrected chi connectivity index (χ3v) is 5.64. The van der Waals surface area contributed by atoms with Crippen LogP contribution in [-0.2, 0) is 4.74 Å². The quantitative estimate of drug-likeness (QED) is 0.556. The summed E-state index contributed by atoms with van der Waals surface area (Å²) in [5, 5.41) is 7.61. The van der Waals surface area contributed by atoms with Crippen LogP contribution in [0, 0.1) is 0 Å². The van der Waals surface area contributed by atoms with E-state index in [2.05, 4.69) is 21.9 Å². The molecule has 2 saturated carbocycles. The first kappa shape index (κ1) is 20.2. The Labute approximate surface area is 156 Å². The maximum absolute atomic E-state index is 12.4. The Morgan fingerprint density at radius 2 is 2.00 bits per heavy atom. The third kappa shape index (κ3) is 6.96. The first-order valence-electron chi connectivity index (χ1n) is 9.32. The van der Waals surface area contributed by atoms with Crippen molar-refractivity contribution in [1.82, 2.24) is 15.5 Å². The smallest absolute Gasteiger partial charge is 0.410 e. The first-order valence-corrected chi connectivity index (χ1v) is 10.6. The number of amides is 1. The Morgan fingerprint density at radius 1 is 1.28 bits per heavy atom. The third-order valence-electron chi connectivity index (χ3n) is 4.54. The van der Waals surface area contributed by atoms with Crippen LogP contribution in [-0.4, -0.2) is 66.3 Å². The van der Waals surface area contributed by atoms with Gasteiger partial charge in [-0.1, -0.05) is 0 Å². The molecular formula is C18H34N4O2S. The number of hydrogen-bond acceptors (Lipinski definition) is 4. The standard InChI is InChI=1S/C18H34N4O2S/c1-18(2,3)24-17(23)22(14-7-8-14)11-10-20-16(19-4)21-13-6-9-15(12-13)25-5/h13-15H,6-12H2,1-5H3,(H2,19,20,21). The molecule has 0 aliphatic heterocycles. The van der Waals surface area contributed by atoms with Crippen molar-refractivity contribution in [3.63, 3.8) is 0 Å². The fourth-order valence-electron chi connectivity index (χ4n) is 3.10. The van der Waals surface area contributed by atoms with Crippen LogP contribution in [0.15, 0.2) is 4.99 Å². The van der Waals surface area contributed by atoms with Gasteiger partial charge in [-0.2, -0.15) is 11.8 Å². The molecule has 2 aliphatic rings. The van der Waals surface area contributed by atoms with Crippen LogP contribution in [0.4, 0.5) is 4.79 Å². The summed E-state index contributed by atoms with van der Waals surface area (Å²) in [4.78, 5) is 18.5. The van der Waals surface area contributed by atoms with Crippen LogP contribution in [0.5, 0.6) is 0 Å². The molecular weight excluding hydrogens is 336 g/mol. The Bertz CT molecular complexity index is 474. The molecule has 2 aliphatic carbocycles. The fraction of sp³-hybridized carbons (Fsp3) is 0.889. The van der Waals surface area contributed by atoms with Crippen molar-refractivity contribution in [2.24, 2.45) is 4.99 Å². The van der Waals surface area contributed by atoms with E-state index in [0.717, 1.165) is 24.1 Å². The molecule has 2 atom stereocenters. The Hall–Kier alpha value is -1.11. The van der Waals surface area contributed by atoms with Crippen LogP contribution < -0.4 is 10.6 Å². The summed E-state index contributed by atoms with van der Waals surface area (Å²) in [7, 11) is 1.79. The summed E-state index contributed by atoms with van der Waals surface area (Å²) >= 11 is 1.95. The van der Waals surface area contributed by atoms with Gasteiger partial charge in [0.2, 0.25) is 0 Å². The maximum atomic E-state index is 12.4. The highest BCUT2D eigenvalue weighted by molar-refractivity contribution is 7.99. The van der Waals surface area contributed by atoms with Crippen molar-refractivity contribution in [3.8, 4) is 0 Å². The minimum Gasteiger partial charge on any atom is -0.444 e. The van der Waals surface area contributed by atoms with Crippen molar-refractivity contribution < 1.29 is 9.53 Å². The molecule has 0 heterocycles. The van der Waals surface area contributed by atoms with Gasteiger partial charge in [-0.15, -0.1) is 0 Å². The first-order chi connectivity index (χ1) is 11.8. The summed E-state index contributed by atoms with van der Waals surface area (Å²) < 4.78 is 5.53. The van der Waals surface area contributed by atoms with E-state index in [0.29, 0.717) is 25.2 Å². The second kappa shape index (κ2) is 9.01. The topological polar surface area (TPSA) is 66.0 Å². The monoisotopic (exact) mass is 370 g/mol. The van der Waals surface area contributed by atoms with E-state index >= 15 is 0 Å². The SMILES string of the molecule is CN=C(NCCN(C(=O)OC(C)(C)C)C1CC1)NC1CCC(SC)C1. The highest BCUT2D eigenvalue weighted by Gasteiger charge is 2.35. The predicted octanol–water partition coefficient (Wildman–Crippen LogP) is 2.84. The highest BCUT2D eigenvalue weighted by Crippen LogP contribution is 2.29. The van der Waals surface area contributed by atoms with Gasteiger partial charge in [0.05, 0.1) is 0 Å². The maximum Gasteiger partial charge on any atom is 0.410 e. The van der Waals surface area contributed by atoms with E-state index < -0.39 is 5.60 Å². The van der Waals surface area contributed by atoms with E-state index in [1.807, 2.05) is 37.4 Å². The summed E-state index contributed by atoms with van der Waals surface area (Å²) in [6.45, 7) is 7.03. The Morgan fingerprint density at radius 3 is 2.52 bits per heavy atom. The number of ether oxygens (including phenoxy) is 1. The Balaban J connectivity index is 1.75. The van der Waals surface area contributed by atoms with Gasteiger partial charge in [0.25, 0.3) is 0 Å². The van der Waals surface area contributed by atoms with Crippen molar-refractivity contribution in [1.29, 1.82) is 0 Å². The number of carbonyl (C=O) groups is 1. The highest BCUT2D eigenvalue weighted by atomic mass is 32.2. The molecule has 2 fully saturated rings.